The van der Waals surface area contributed by atoms with Gasteiger partial charge in [-0.15, -0.1) is 0 Å². The van der Waals surface area contributed by atoms with Gasteiger partial charge in [0.25, 0.3) is 0 Å². The first-order chi connectivity index (χ1) is 10.9. The second kappa shape index (κ2) is 7.59. The summed E-state index contributed by atoms with van der Waals surface area (Å²) in [5, 5.41) is 2.97. The van der Waals surface area contributed by atoms with Gasteiger partial charge in [-0.1, -0.05) is 26.0 Å². The maximum atomic E-state index is 12.4. The van der Waals surface area contributed by atoms with Gasteiger partial charge in [0.1, 0.15) is 0 Å². The Morgan fingerprint density at radius 3 is 2.30 bits per heavy atom. The maximum Gasteiger partial charge on any atom is 0.241 e. The summed E-state index contributed by atoms with van der Waals surface area (Å²) in [5.41, 5.74) is 1.95. The number of rotatable bonds is 4. The molecule has 5 heteroatoms. The molecule has 1 heterocycles. The number of hydrogen-bond donors (Lipinski definition) is 1. The summed E-state index contributed by atoms with van der Waals surface area (Å²) in [6.45, 7) is 10.6. The van der Waals surface area contributed by atoms with Crippen molar-refractivity contribution in [2.75, 3.05) is 31.5 Å². The summed E-state index contributed by atoms with van der Waals surface area (Å²) in [6.07, 6.45) is 0. The molecule has 1 fully saturated rings. The Morgan fingerprint density at radius 2 is 1.74 bits per heavy atom. The molecule has 1 aromatic rings. The lowest BCUT2D eigenvalue weighted by atomic mass is 10.1. The molecule has 1 aliphatic heterocycles. The predicted octanol–water partition coefficient (Wildman–Crippen LogP) is 2.12. The van der Waals surface area contributed by atoms with Crippen LogP contribution in [0.4, 0.5) is 5.69 Å². The first-order valence-electron chi connectivity index (χ1n) is 8.29. The highest BCUT2D eigenvalue weighted by Gasteiger charge is 2.28. The molecule has 0 saturated carbocycles. The monoisotopic (exact) mass is 317 g/mol. The van der Waals surface area contributed by atoms with Crippen LogP contribution in [0.5, 0.6) is 0 Å². The van der Waals surface area contributed by atoms with Gasteiger partial charge in [0.2, 0.25) is 11.8 Å². The first-order valence-corrected chi connectivity index (χ1v) is 8.29. The molecule has 0 aliphatic carbocycles. The highest BCUT2D eigenvalue weighted by molar-refractivity contribution is 5.94. The number of carbonyl (C=O) groups excluding carboxylic acids is 2. The zero-order valence-corrected chi connectivity index (χ0v) is 14.5. The van der Waals surface area contributed by atoms with Crippen LogP contribution in [0.2, 0.25) is 0 Å². The van der Waals surface area contributed by atoms with Crippen molar-refractivity contribution in [1.29, 1.82) is 0 Å². The molecule has 1 aromatic carbocycles. The van der Waals surface area contributed by atoms with Gasteiger partial charge < -0.3 is 10.2 Å². The van der Waals surface area contributed by atoms with Crippen LogP contribution in [0.1, 0.15) is 26.3 Å². The second-order valence-corrected chi connectivity index (χ2v) is 6.55. The lowest BCUT2D eigenvalue weighted by Gasteiger charge is -2.38. The van der Waals surface area contributed by atoms with Gasteiger partial charge >= 0.3 is 0 Å². The molecule has 23 heavy (non-hydrogen) atoms. The molecule has 1 saturated heterocycles. The number of hydrogen-bond acceptors (Lipinski definition) is 3. The molecule has 0 spiro atoms. The minimum Gasteiger partial charge on any atom is -0.340 e. The van der Waals surface area contributed by atoms with Crippen LogP contribution in [-0.2, 0) is 9.59 Å². The predicted molar refractivity (Wildman–Crippen MR) is 92.3 cm³/mol. The molecule has 1 N–H and O–H groups in total. The van der Waals surface area contributed by atoms with Crippen molar-refractivity contribution in [1.82, 2.24) is 9.80 Å². The Hall–Kier alpha value is -1.88. The smallest absolute Gasteiger partial charge is 0.241 e. The van der Waals surface area contributed by atoms with Gasteiger partial charge in [0.15, 0.2) is 0 Å². The minimum absolute atomic E-state index is 0.000707. The lowest BCUT2D eigenvalue weighted by molar-refractivity contribution is -0.136. The van der Waals surface area contributed by atoms with Gasteiger partial charge in [-0.05, 0) is 31.5 Å². The average molecular weight is 317 g/mol. The molecule has 0 aromatic heterocycles. The molecule has 1 atom stereocenters. The van der Waals surface area contributed by atoms with Gasteiger partial charge in [-0.3, -0.25) is 14.5 Å². The molecule has 0 radical (unpaired) electrons. The molecule has 2 rings (SSSR count). The number of anilines is 1. The van der Waals surface area contributed by atoms with Gasteiger partial charge in [0.05, 0.1) is 6.04 Å². The Labute approximate surface area is 138 Å². The number of nitrogens with zero attached hydrogens (tertiary/aromatic N) is 2. The van der Waals surface area contributed by atoms with E-state index in [9.17, 15) is 9.59 Å². The number of aryl methyl sites for hydroxylation is 1. The van der Waals surface area contributed by atoms with E-state index in [2.05, 4.69) is 10.2 Å². The van der Waals surface area contributed by atoms with Crippen LogP contribution in [0.25, 0.3) is 0 Å². The van der Waals surface area contributed by atoms with Crippen molar-refractivity contribution in [3.63, 3.8) is 0 Å². The van der Waals surface area contributed by atoms with Crippen LogP contribution in [-0.4, -0.2) is 53.8 Å². The van der Waals surface area contributed by atoms with Gasteiger partial charge in [-0.25, -0.2) is 0 Å². The molecule has 2 amide bonds. The summed E-state index contributed by atoms with van der Waals surface area (Å²) in [5.74, 6) is 0.226. The lowest BCUT2D eigenvalue weighted by Crippen LogP contribution is -2.54. The fourth-order valence-corrected chi connectivity index (χ4v) is 2.83. The van der Waals surface area contributed by atoms with Crippen molar-refractivity contribution in [2.45, 2.75) is 33.7 Å². The van der Waals surface area contributed by atoms with E-state index in [1.807, 2.05) is 56.9 Å². The standard InChI is InChI=1S/C18H27N3O2/c1-13(2)18(23)21-10-8-20(9-11-21)15(4)17(22)19-16-7-5-6-14(3)12-16/h5-7,12-13,15H,8-11H2,1-4H3,(H,19,22). The van der Waals surface area contributed by atoms with Crippen molar-refractivity contribution in [2.24, 2.45) is 5.92 Å². The first kappa shape index (κ1) is 17.5. The van der Waals surface area contributed by atoms with Crippen molar-refractivity contribution in [3.8, 4) is 0 Å². The third kappa shape index (κ3) is 4.55. The van der Waals surface area contributed by atoms with Crippen LogP contribution in [0.15, 0.2) is 24.3 Å². The van der Waals surface area contributed by atoms with Crippen LogP contribution in [0, 0.1) is 12.8 Å². The summed E-state index contributed by atoms with van der Waals surface area (Å²) >= 11 is 0. The molecular formula is C18H27N3O2. The Balaban J connectivity index is 1.88. The number of carbonyl (C=O) groups is 2. The molecular weight excluding hydrogens is 290 g/mol. The van der Waals surface area contributed by atoms with E-state index >= 15 is 0 Å². The highest BCUT2D eigenvalue weighted by Crippen LogP contribution is 2.13. The van der Waals surface area contributed by atoms with Crippen LogP contribution in [0.3, 0.4) is 0 Å². The van der Waals surface area contributed by atoms with Crippen molar-refractivity contribution in [3.05, 3.63) is 29.8 Å². The van der Waals surface area contributed by atoms with E-state index in [0.29, 0.717) is 13.1 Å². The number of amides is 2. The maximum absolute atomic E-state index is 12.4. The number of piperazine rings is 1. The van der Waals surface area contributed by atoms with Crippen LogP contribution < -0.4 is 5.32 Å². The fourth-order valence-electron chi connectivity index (χ4n) is 2.83. The highest BCUT2D eigenvalue weighted by atomic mass is 16.2. The largest absolute Gasteiger partial charge is 0.340 e. The summed E-state index contributed by atoms with van der Waals surface area (Å²) in [6, 6.07) is 7.60. The zero-order chi connectivity index (χ0) is 17.0. The summed E-state index contributed by atoms with van der Waals surface area (Å²) in [4.78, 5) is 28.5. The summed E-state index contributed by atoms with van der Waals surface area (Å²) in [7, 11) is 0. The molecule has 1 aliphatic rings. The SMILES string of the molecule is Cc1cccc(NC(=O)C(C)N2CCN(C(=O)C(C)C)CC2)c1. The summed E-state index contributed by atoms with van der Waals surface area (Å²) < 4.78 is 0. The van der Waals surface area contributed by atoms with E-state index in [1.165, 1.54) is 0 Å². The van der Waals surface area contributed by atoms with E-state index in [0.717, 1.165) is 24.3 Å². The number of benzene rings is 1. The molecule has 1 unspecified atom stereocenters. The van der Waals surface area contributed by atoms with Gasteiger partial charge in [-0.2, -0.15) is 0 Å². The zero-order valence-electron chi connectivity index (χ0n) is 14.5. The van der Waals surface area contributed by atoms with Crippen molar-refractivity contribution < 1.29 is 9.59 Å². The molecule has 5 nitrogen and oxygen atoms in total. The Kier molecular flexibility index (Phi) is 5.77. The topological polar surface area (TPSA) is 52.7 Å². The van der Waals surface area contributed by atoms with E-state index in [-0.39, 0.29) is 23.8 Å². The van der Waals surface area contributed by atoms with E-state index < -0.39 is 0 Å². The van der Waals surface area contributed by atoms with E-state index in [4.69, 9.17) is 0 Å². The van der Waals surface area contributed by atoms with Crippen LogP contribution >= 0.6 is 0 Å². The van der Waals surface area contributed by atoms with Crippen molar-refractivity contribution >= 4 is 17.5 Å². The van der Waals surface area contributed by atoms with E-state index in [1.54, 1.807) is 0 Å². The second-order valence-electron chi connectivity index (χ2n) is 6.55. The normalized spacial score (nSPS) is 17.2. The third-order valence-corrected chi connectivity index (χ3v) is 4.33. The molecule has 126 valence electrons. The fraction of sp³-hybridized carbons (Fsp3) is 0.556. The Morgan fingerprint density at radius 1 is 1.09 bits per heavy atom. The third-order valence-electron chi connectivity index (χ3n) is 4.33. The van der Waals surface area contributed by atoms with Gasteiger partial charge in [0, 0.05) is 37.8 Å². The average Bonchev–Trinajstić information content (AvgIpc) is 2.53. The minimum atomic E-state index is -0.202. The molecule has 0 bridgehead atoms. The Bertz CT molecular complexity index is 563. The quantitative estimate of drug-likeness (QED) is 0.925. The number of nitrogens with one attached hydrogen (secondary N) is 1.